The molecule has 1 unspecified atom stereocenters. The summed E-state index contributed by atoms with van der Waals surface area (Å²) < 4.78 is 5.04. The highest BCUT2D eigenvalue weighted by Gasteiger charge is 2.39. The van der Waals surface area contributed by atoms with Crippen LogP contribution < -0.4 is 20.5 Å². The number of carbonyl (C=O) groups excluding carboxylic acids is 3. The Kier molecular flexibility index (Phi) is 4.99. The Morgan fingerprint density at radius 1 is 1.08 bits per heavy atom. The first-order chi connectivity index (χ1) is 12.5. The van der Waals surface area contributed by atoms with Gasteiger partial charge >= 0.3 is 0 Å². The van der Waals surface area contributed by atoms with Crippen LogP contribution in [0.25, 0.3) is 0 Å². The van der Waals surface area contributed by atoms with Gasteiger partial charge in [-0.05, 0) is 43.3 Å². The summed E-state index contributed by atoms with van der Waals surface area (Å²) in [5.41, 5.74) is 7.11. The minimum atomic E-state index is -0.800. The molecule has 1 atom stereocenters. The average Bonchev–Trinajstić information content (AvgIpc) is 2.94. The minimum absolute atomic E-state index is 0.0183. The lowest BCUT2D eigenvalue weighted by molar-refractivity contribution is -0.121. The van der Waals surface area contributed by atoms with Crippen molar-refractivity contribution in [1.29, 1.82) is 0 Å². The summed E-state index contributed by atoms with van der Waals surface area (Å²) in [6, 6.07) is 12.9. The van der Waals surface area contributed by atoms with Crippen molar-refractivity contribution in [2.75, 3.05) is 12.0 Å². The number of hydrogen-bond donors (Lipinski definition) is 2. The Labute approximate surface area is 150 Å². The number of hydrogen-bond acceptors (Lipinski definition) is 5. The van der Waals surface area contributed by atoms with E-state index in [1.165, 1.54) is 0 Å². The number of methoxy groups -OCH3 is 1. The Morgan fingerprint density at radius 3 is 2.35 bits per heavy atom. The minimum Gasteiger partial charge on any atom is -0.497 e. The van der Waals surface area contributed by atoms with Gasteiger partial charge in [-0.2, -0.15) is 0 Å². The number of ether oxygens (including phenoxy) is 1. The van der Waals surface area contributed by atoms with Gasteiger partial charge in [0.15, 0.2) is 0 Å². The van der Waals surface area contributed by atoms with Crippen molar-refractivity contribution in [2.24, 2.45) is 0 Å². The summed E-state index contributed by atoms with van der Waals surface area (Å²) in [6.07, 6.45) is -0.0183. The van der Waals surface area contributed by atoms with Crippen molar-refractivity contribution < 1.29 is 19.1 Å². The fourth-order valence-corrected chi connectivity index (χ4v) is 2.68. The standard InChI is InChI=1S/C19H19N3O4/c1-12-3-7-14(8-4-12)22-17(23)11-16(19(22)25)20-21-18(24)13-5-9-15(26-2)10-6-13/h3-10,16,20H,11H2,1-2H3,(H,21,24). The number of carbonyl (C=O) groups is 3. The molecular formula is C19H19N3O4. The second-order valence-corrected chi connectivity index (χ2v) is 5.99. The van der Waals surface area contributed by atoms with Gasteiger partial charge in [-0.25, -0.2) is 10.3 Å². The molecule has 7 nitrogen and oxygen atoms in total. The summed E-state index contributed by atoms with van der Waals surface area (Å²) in [5.74, 6) is -0.467. The molecule has 26 heavy (non-hydrogen) atoms. The van der Waals surface area contributed by atoms with Crippen molar-refractivity contribution in [2.45, 2.75) is 19.4 Å². The van der Waals surface area contributed by atoms with Gasteiger partial charge < -0.3 is 4.74 Å². The van der Waals surface area contributed by atoms with Crippen LogP contribution in [-0.2, 0) is 9.59 Å². The molecule has 3 rings (SSSR count). The first-order valence-electron chi connectivity index (χ1n) is 8.13. The molecule has 1 saturated heterocycles. The number of nitrogens with one attached hydrogen (secondary N) is 2. The Hall–Kier alpha value is -3.19. The van der Waals surface area contributed by atoms with Gasteiger partial charge in [0.25, 0.3) is 11.8 Å². The van der Waals surface area contributed by atoms with E-state index in [9.17, 15) is 14.4 Å². The number of anilines is 1. The molecule has 2 N–H and O–H groups in total. The average molecular weight is 353 g/mol. The van der Waals surface area contributed by atoms with Crippen LogP contribution in [0.5, 0.6) is 5.75 Å². The van der Waals surface area contributed by atoms with E-state index in [4.69, 9.17) is 4.74 Å². The number of imide groups is 1. The molecule has 1 heterocycles. The first-order valence-corrected chi connectivity index (χ1v) is 8.13. The third-order valence-corrected chi connectivity index (χ3v) is 4.15. The maximum atomic E-state index is 12.5. The highest BCUT2D eigenvalue weighted by atomic mass is 16.5. The van der Waals surface area contributed by atoms with Gasteiger partial charge in [0.05, 0.1) is 19.2 Å². The molecule has 0 aromatic heterocycles. The number of aryl methyl sites for hydroxylation is 1. The van der Waals surface area contributed by atoms with Crippen LogP contribution in [0.3, 0.4) is 0 Å². The van der Waals surface area contributed by atoms with Gasteiger partial charge in [-0.15, -0.1) is 0 Å². The van der Waals surface area contributed by atoms with E-state index in [0.29, 0.717) is 17.0 Å². The maximum absolute atomic E-state index is 12.5. The van der Waals surface area contributed by atoms with E-state index in [1.54, 1.807) is 43.5 Å². The van der Waals surface area contributed by atoms with E-state index in [-0.39, 0.29) is 12.3 Å². The Bertz CT molecular complexity index is 831. The fraction of sp³-hybridized carbons (Fsp3) is 0.211. The lowest BCUT2D eigenvalue weighted by Gasteiger charge is -2.16. The summed E-state index contributed by atoms with van der Waals surface area (Å²) >= 11 is 0. The van der Waals surface area contributed by atoms with Crippen molar-refractivity contribution >= 4 is 23.4 Å². The van der Waals surface area contributed by atoms with Crippen LogP contribution in [0, 0.1) is 6.92 Å². The van der Waals surface area contributed by atoms with Crippen molar-refractivity contribution in [3.63, 3.8) is 0 Å². The molecule has 3 amide bonds. The predicted molar refractivity (Wildman–Crippen MR) is 95.7 cm³/mol. The quantitative estimate of drug-likeness (QED) is 0.629. The van der Waals surface area contributed by atoms with Gasteiger partial charge in [0, 0.05) is 5.56 Å². The highest BCUT2D eigenvalue weighted by Crippen LogP contribution is 2.23. The predicted octanol–water partition coefficient (Wildman–Crippen LogP) is 1.57. The fourth-order valence-electron chi connectivity index (χ4n) is 2.68. The van der Waals surface area contributed by atoms with Gasteiger partial charge in [0.2, 0.25) is 5.91 Å². The van der Waals surface area contributed by atoms with Gasteiger partial charge in [-0.1, -0.05) is 17.7 Å². The van der Waals surface area contributed by atoms with Crippen molar-refractivity contribution in [3.8, 4) is 5.75 Å². The molecule has 0 bridgehead atoms. The molecule has 2 aromatic rings. The van der Waals surface area contributed by atoms with Crippen molar-refractivity contribution in [3.05, 3.63) is 59.7 Å². The molecule has 7 heteroatoms. The summed E-state index contributed by atoms with van der Waals surface area (Å²) in [7, 11) is 1.54. The maximum Gasteiger partial charge on any atom is 0.265 e. The van der Waals surface area contributed by atoms with Crippen LogP contribution in [0.15, 0.2) is 48.5 Å². The zero-order chi connectivity index (χ0) is 18.7. The monoisotopic (exact) mass is 353 g/mol. The third kappa shape index (κ3) is 3.57. The molecule has 1 aliphatic heterocycles. The largest absolute Gasteiger partial charge is 0.497 e. The van der Waals surface area contributed by atoms with Crippen LogP contribution in [0.2, 0.25) is 0 Å². The zero-order valence-corrected chi connectivity index (χ0v) is 14.5. The van der Waals surface area contributed by atoms with Gasteiger partial charge in [-0.3, -0.25) is 19.8 Å². The lowest BCUT2D eigenvalue weighted by Crippen LogP contribution is -2.48. The number of rotatable bonds is 5. The first kappa shape index (κ1) is 17.6. The normalized spacial score (nSPS) is 16.7. The van der Waals surface area contributed by atoms with E-state index in [0.717, 1.165) is 10.5 Å². The molecule has 134 valence electrons. The molecule has 0 aliphatic carbocycles. The summed E-state index contributed by atoms with van der Waals surface area (Å²) in [4.78, 5) is 38.0. The smallest absolute Gasteiger partial charge is 0.265 e. The number of nitrogens with zero attached hydrogens (tertiary/aromatic N) is 1. The lowest BCUT2D eigenvalue weighted by atomic mass is 10.2. The highest BCUT2D eigenvalue weighted by molar-refractivity contribution is 6.22. The molecule has 1 aliphatic rings. The second kappa shape index (κ2) is 7.37. The summed E-state index contributed by atoms with van der Waals surface area (Å²) in [6.45, 7) is 1.93. The molecule has 0 radical (unpaired) electrons. The van der Waals surface area contributed by atoms with E-state index in [1.807, 2.05) is 19.1 Å². The Balaban J connectivity index is 1.63. The third-order valence-electron chi connectivity index (χ3n) is 4.15. The van der Waals surface area contributed by atoms with Crippen LogP contribution >= 0.6 is 0 Å². The molecule has 2 aromatic carbocycles. The topological polar surface area (TPSA) is 87.7 Å². The van der Waals surface area contributed by atoms with Crippen LogP contribution in [0.4, 0.5) is 5.69 Å². The van der Waals surface area contributed by atoms with E-state index in [2.05, 4.69) is 10.9 Å². The van der Waals surface area contributed by atoms with Crippen molar-refractivity contribution in [1.82, 2.24) is 10.9 Å². The van der Waals surface area contributed by atoms with Gasteiger partial charge in [0.1, 0.15) is 11.8 Å². The zero-order valence-electron chi connectivity index (χ0n) is 14.5. The Morgan fingerprint density at radius 2 is 1.73 bits per heavy atom. The summed E-state index contributed by atoms with van der Waals surface area (Å²) in [5, 5.41) is 0. The number of hydrazine groups is 1. The SMILES string of the molecule is COc1ccc(C(=O)NNC2CC(=O)N(c3ccc(C)cc3)C2=O)cc1. The molecule has 0 spiro atoms. The van der Waals surface area contributed by atoms with Crippen LogP contribution in [0.1, 0.15) is 22.3 Å². The van der Waals surface area contributed by atoms with E-state index >= 15 is 0 Å². The van der Waals surface area contributed by atoms with Crippen LogP contribution in [-0.4, -0.2) is 30.9 Å². The second-order valence-electron chi connectivity index (χ2n) is 5.99. The number of amides is 3. The number of benzene rings is 2. The van der Waals surface area contributed by atoms with E-state index < -0.39 is 17.9 Å². The molecule has 1 fully saturated rings. The molecular weight excluding hydrogens is 334 g/mol. The molecule has 0 saturated carbocycles.